The molecule has 1 aromatic heterocycles. The monoisotopic (exact) mass is 264 g/mol. The number of ether oxygens (including phenoxy) is 1. The number of thiophene rings is 1. The predicted octanol–water partition coefficient (Wildman–Crippen LogP) is 3.65. The Morgan fingerprint density at radius 1 is 1.28 bits per heavy atom. The molecule has 3 rings (SSSR count). The lowest BCUT2D eigenvalue weighted by Gasteiger charge is -2.19. The van der Waals surface area contributed by atoms with Gasteiger partial charge in [-0.3, -0.25) is 4.79 Å². The molecule has 1 aliphatic rings. The third kappa shape index (κ3) is 2.18. The van der Waals surface area contributed by atoms with Gasteiger partial charge < -0.3 is 4.74 Å². The number of fused-ring (bicyclic) bond motifs is 1. The number of hydrogen-bond donors (Lipinski definition) is 0. The second kappa shape index (κ2) is 4.78. The number of rotatable bonds is 2. The zero-order chi connectivity index (χ0) is 12.5. The van der Waals surface area contributed by atoms with Crippen LogP contribution in [0.2, 0.25) is 0 Å². The zero-order valence-electron chi connectivity index (χ0n) is 9.82. The molecule has 1 fully saturated rings. The lowest BCUT2D eigenvalue weighted by molar-refractivity contribution is 0.0547. The van der Waals surface area contributed by atoms with Gasteiger partial charge in [0.1, 0.15) is 5.82 Å². The standard InChI is InChI=1S/C14H13FO2S/c15-11-2-1-10-7-13(18-12(10)8-11)14(16)9-3-5-17-6-4-9/h1-2,7-9H,3-6H2. The molecular weight excluding hydrogens is 251 g/mol. The zero-order valence-corrected chi connectivity index (χ0v) is 10.6. The summed E-state index contributed by atoms with van der Waals surface area (Å²) in [4.78, 5) is 13.1. The Balaban J connectivity index is 1.91. The van der Waals surface area contributed by atoms with Gasteiger partial charge in [0.05, 0.1) is 4.88 Å². The van der Waals surface area contributed by atoms with Crippen LogP contribution in [0, 0.1) is 11.7 Å². The largest absolute Gasteiger partial charge is 0.381 e. The van der Waals surface area contributed by atoms with Gasteiger partial charge in [-0.1, -0.05) is 6.07 Å². The molecule has 0 saturated carbocycles. The van der Waals surface area contributed by atoms with E-state index in [1.54, 1.807) is 6.07 Å². The number of ketones is 1. The molecule has 0 aliphatic carbocycles. The summed E-state index contributed by atoms with van der Waals surface area (Å²) in [7, 11) is 0. The van der Waals surface area contributed by atoms with Gasteiger partial charge in [0.15, 0.2) is 5.78 Å². The minimum Gasteiger partial charge on any atom is -0.381 e. The summed E-state index contributed by atoms with van der Waals surface area (Å²) in [5, 5.41) is 0.941. The Bertz CT molecular complexity index is 584. The molecule has 2 heterocycles. The van der Waals surface area contributed by atoms with Gasteiger partial charge in [-0.2, -0.15) is 0 Å². The summed E-state index contributed by atoms with van der Waals surface area (Å²) >= 11 is 1.38. The average molecular weight is 264 g/mol. The smallest absolute Gasteiger partial charge is 0.176 e. The second-order valence-electron chi connectivity index (χ2n) is 4.54. The van der Waals surface area contributed by atoms with Crippen LogP contribution in [0.25, 0.3) is 10.1 Å². The molecule has 0 radical (unpaired) electrons. The van der Waals surface area contributed by atoms with Gasteiger partial charge in [0, 0.05) is 23.8 Å². The van der Waals surface area contributed by atoms with Gasteiger partial charge in [-0.15, -0.1) is 11.3 Å². The van der Waals surface area contributed by atoms with E-state index in [0.29, 0.717) is 13.2 Å². The molecule has 94 valence electrons. The second-order valence-corrected chi connectivity index (χ2v) is 5.63. The molecule has 0 amide bonds. The third-order valence-electron chi connectivity index (χ3n) is 3.32. The molecule has 1 aliphatic heterocycles. The minimum atomic E-state index is -0.255. The molecule has 0 bridgehead atoms. The van der Waals surface area contributed by atoms with Gasteiger partial charge in [-0.05, 0) is 36.4 Å². The van der Waals surface area contributed by atoms with Crippen LogP contribution in [0.15, 0.2) is 24.3 Å². The normalized spacial score (nSPS) is 17.2. The van der Waals surface area contributed by atoms with E-state index in [-0.39, 0.29) is 17.5 Å². The van der Waals surface area contributed by atoms with E-state index in [1.807, 2.05) is 6.07 Å². The van der Waals surface area contributed by atoms with Gasteiger partial charge in [0.2, 0.25) is 0 Å². The Hall–Kier alpha value is -1.26. The lowest BCUT2D eigenvalue weighted by Crippen LogP contribution is -2.22. The number of benzene rings is 1. The number of hydrogen-bond acceptors (Lipinski definition) is 3. The summed E-state index contributed by atoms with van der Waals surface area (Å²) in [6.07, 6.45) is 1.59. The predicted molar refractivity (Wildman–Crippen MR) is 69.7 cm³/mol. The van der Waals surface area contributed by atoms with Crippen molar-refractivity contribution >= 4 is 27.2 Å². The van der Waals surface area contributed by atoms with Crippen LogP contribution < -0.4 is 0 Å². The fourth-order valence-electron chi connectivity index (χ4n) is 2.29. The molecule has 0 spiro atoms. The van der Waals surface area contributed by atoms with Crippen molar-refractivity contribution in [3.8, 4) is 0 Å². The van der Waals surface area contributed by atoms with E-state index in [1.165, 1.54) is 23.5 Å². The van der Waals surface area contributed by atoms with Crippen molar-refractivity contribution in [1.82, 2.24) is 0 Å². The van der Waals surface area contributed by atoms with Crippen molar-refractivity contribution in [3.05, 3.63) is 35.0 Å². The van der Waals surface area contributed by atoms with Gasteiger partial charge >= 0.3 is 0 Å². The van der Waals surface area contributed by atoms with Crippen molar-refractivity contribution in [2.24, 2.45) is 5.92 Å². The van der Waals surface area contributed by atoms with Crippen LogP contribution in [0.4, 0.5) is 4.39 Å². The average Bonchev–Trinajstić information content (AvgIpc) is 2.81. The first kappa shape index (κ1) is 11.8. The van der Waals surface area contributed by atoms with Crippen LogP contribution in [0.1, 0.15) is 22.5 Å². The SMILES string of the molecule is O=C(c1cc2ccc(F)cc2s1)C1CCOCC1. The highest BCUT2D eigenvalue weighted by atomic mass is 32.1. The van der Waals surface area contributed by atoms with Crippen LogP contribution in [0.5, 0.6) is 0 Å². The highest BCUT2D eigenvalue weighted by Gasteiger charge is 2.24. The molecule has 0 atom stereocenters. The van der Waals surface area contributed by atoms with Crippen molar-refractivity contribution < 1.29 is 13.9 Å². The number of carbonyl (C=O) groups excluding carboxylic acids is 1. The van der Waals surface area contributed by atoms with Gasteiger partial charge in [0.25, 0.3) is 0 Å². The summed E-state index contributed by atoms with van der Waals surface area (Å²) in [6.45, 7) is 1.33. The fourth-order valence-corrected chi connectivity index (χ4v) is 3.39. The Kier molecular flexibility index (Phi) is 3.14. The van der Waals surface area contributed by atoms with E-state index in [2.05, 4.69) is 0 Å². The Morgan fingerprint density at radius 3 is 2.83 bits per heavy atom. The van der Waals surface area contributed by atoms with E-state index in [4.69, 9.17) is 4.74 Å². The van der Waals surface area contributed by atoms with Crippen molar-refractivity contribution in [3.63, 3.8) is 0 Å². The minimum absolute atomic E-state index is 0.0664. The lowest BCUT2D eigenvalue weighted by atomic mass is 9.94. The first-order valence-corrected chi connectivity index (χ1v) is 6.87. The van der Waals surface area contributed by atoms with E-state index in [9.17, 15) is 9.18 Å². The summed E-state index contributed by atoms with van der Waals surface area (Å²) < 4.78 is 19.2. The molecule has 1 aromatic carbocycles. The number of Topliss-reactive ketones (excluding diaryl/α,β-unsaturated/α-hetero) is 1. The first-order valence-electron chi connectivity index (χ1n) is 6.05. The molecule has 2 nitrogen and oxygen atoms in total. The molecule has 1 saturated heterocycles. The van der Waals surface area contributed by atoms with Crippen LogP contribution in [-0.2, 0) is 4.74 Å². The van der Waals surface area contributed by atoms with Crippen molar-refractivity contribution in [2.75, 3.05) is 13.2 Å². The highest BCUT2D eigenvalue weighted by Crippen LogP contribution is 2.30. The van der Waals surface area contributed by atoms with Crippen LogP contribution in [-0.4, -0.2) is 19.0 Å². The maximum Gasteiger partial charge on any atom is 0.176 e. The quantitative estimate of drug-likeness (QED) is 0.774. The number of carbonyl (C=O) groups is 1. The van der Waals surface area contributed by atoms with Crippen molar-refractivity contribution in [1.29, 1.82) is 0 Å². The van der Waals surface area contributed by atoms with E-state index >= 15 is 0 Å². The third-order valence-corrected chi connectivity index (χ3v) is 4.43. The molecule has 4 heteroatoms. The van der Waals surface area contributed by atoms with E-state index in [0.717, 1.165) is 27.8 Å². The number of halogens is 1. The van der Waals surface area contributed by atoms with Crippen LogP contribution in [0.3, 0.4) is 0 Å². The van der Waals surface area contributed by atoms with Gasteiger partial charge in [-0.25, -0.2) is 4.39 Å². The summed E-state index contributed by atoms with van der Waals surface area (Å²) in [5.74, 6) is -0.00835. The maximum atomic E-state index is 13.1. The molecule has 2 aromatic rings. The van der Waals surface area contributed by atoms with Crippen LogP contribution >= 0.6 is 11.3 Å². The maximum absolute atomic E-state index is 13.1. The molecule has 18 heavy (non-hydrogen) atoms. The Labute approximate surface area is 108 Å². The topological polar surface area (TPSA) is 26.3 Å². The first-order chi connectivity index (χ1) is 8.74. The fraction of sp³-hybridized carbons (Fsp3) is 0.357. The molecule has 0 N–H and O–H groups in total. The molecule has 0 unspecified atom stereocenters. The van der Waals surface area contributed by atoms with E-state index < -0.39 is 0 Å². The summed E-state index contributed by atoms with van der Waals surface area (Å²) in [5.41, 5.74) is 0. The summed E-state index contributed by atoms with van der Waals surface area (Å²) in [6, 6.07) is 6.51. The van der Waals surface area contributed by atoms with Crippen molar-refractivity contribution in [2.45, 2.75) is 12.8 Å². The highest BCUT2D eigenvalue weighted by molar-refractivity contribution is 7.20. The Morgan fingerprint density at radius 2 is 2.06 bits per heavy atom. The molecular formula is C14H13FO2S.